The summed E-state index contributed by atoms with van der Waals surface area (Å²) >= 11 is 5.97. The van der Waals surface area contributed by atoms with Gasteiger partial charge in [0.05, 0.1) is 12.9 Å². The molecule has 1 unspecified atom stereocenters. The molecule has 0 bridgehead atoms. The number of nitrogens with zero attached hydrogens (tertiary/aromatic N) is 4. The van der Waals surface area contributed by atoms with Gasteiger partial charge in [0.1, 0.15) is 29.6 Å². The zero-order chi connectivity index (χ0) is 38.6. The number of nitrogen functional groups attached to an aromatic ring is 1. The van der Waals surface area contributed by atoms with E-state index in [1.165, 1.54) is 10.9 Å². The first-order valence-electron chi connectivity index (χ1n) is 18.1. The minimum Gasteiger partial charge on any atom is -0.413 e. The molecule has 3 heterocycles. The standard InChI is InChI=1S/C38H51ClN7O7P/c1-2-3-4-5-6-7-8-9-10-11-12-13-14-15-16-17-21-24-31(47)41-25-26-43-54(50,53-29-22-19-18-20-23-29)51-27-30-33(48)34(49)37(52-30)46-28-42-32-35(40)44-38(39)45-36(32)46/h3-4,6-7,9-10,12-13,15-16,18-20,22-23,28,30,33-34,37,48-49H,2,5,8,11,14,17,21,24-27H2,1H3,(H,41,47)(H,43,50)(H2,40,44,45)/b4-3+,7-6-,10-9-,13-12-,16-15-/t30-,33-,34+,37-,54?/m1/s1. The number of benzene rings is 1. The quantitative estimate of drug-likeness (QED) is 0.0303. The van der Waals surface area contributed by atoms with Crippen LogP contribution in [-0.4, -0.2) is 73.6 Å². The number of rotatable bonds is 23. The van der Waals surface area contributed by atoms with Crippen molar-refractivity contribution in [2.75, 3.05) is 25.4 Å². The number of allylic oxidation sites excluding steroid dienone is 10. The van der Waals surface area contributed by atoms with Gasteiger partial charge in [0.2, 0.25) is 11.2 Å². The summed E-state index contributed by atoms with van der Waals surface area (Å²) in [7, 11) is -4.06. The molecule has 0 aliphatic carbocycles. The Hall–Kier alpha value is -4.14. The monoisotopic (exact) mass is 783 g/mol. The van der Waals surface area contributed by atoms with Gasteiger partial charge < -0.3 is 30.5 Å². The number of carbonyl (C=O) groups excluding carboxylic acids is 1. The smallest absolute Gasteiger partial charge is 0.413 e. The lowest BCUT2D eigenvalue weighted by Gasteiger charge is -2.22. The average molecular weight is 784 g/mol. The van der Waals surface area contributed by atoms with Gasteiger partial charge in [-0.2, -0.15) is 9.97 Å². The van der Waals surface area contributed by atoms with Crippen molar-refractivity contribution in [1.82, 2.24) is 29.9 Å². The van der Waals surface area contributed by atoms with Crippen molar-refractivity contribution < 1.29 is 33.4 Å². The second-order valence-electron chi connectivity index (χ2n) is 12.3. The molecule has 1 aromatic carbocycles. The van der Waals surface area contributed by atoms with Gasteiger partial charge in [-0.05, 0) is 68.7 Å². The number of nitrogens with one attached hydrogen (secondary N) is 2. The Labute approximate surface area is 321 Å². The molecule has 292 valence electrons. The summed E-state index contributed by atoms with van der Waals surface area (Å²) < 4.78 is 32.5. The maximum absolute atomic E-state index is 13.8. The third-order valence-corrected chi connectivity index (χ3v) is 9.82. The van der Waals surface area contributed by atoms with E-state index in [1.807, 2.05) is 0 Å². The second kappa shape index (κ2) is 22.9. The van der Waals surface area contributed by atoms with Crippen LogP contribution < -0.4 is 20.7 Å². The van der Waals surface area contributed by atoms with Crippen molar-refractivity contribution >= 4 is 42.2 Å². The number of unbranched alkanes of at least 4 members (excludes halogenated alkanes) is 1. The summed E-state index contributed by atoms with van der Waals surface area (Å²) in [5.41, 5.74) is 6.33. The van der Waals surface area contributed by atoms with Crippen LogP contribution in [0.4, 0.5) is 5.82 Å². The lowest BCUT2D eigenvalue weighted by atomic mass is 10.1. The Morgan fingerprint density at radius 2 is 1.61 bits per heavy atom. The molecular weight excluding hydrogens is 733 g/mol. The van der Waals surface area contributed by atoms with Crippen molar-refractivity contribution in [3.8, 4) is 5.75 Å². The Balaban J connectivity index is 1.16. The molecule has 16 heteroatoms. The van der Waals surface area contributed by atoms with Crippen LogP contribution in [0.3, 0.4) is 0 Å². The van der Waals surface area contributed by atoms with Gasteiger partial charge in [-0.15, -0.1) is 0 Å². The minimum atomic E-state index is -4.06. The largest absolute Gasteiger partial charge is 0.458 e. The molecule has 14 nitrogen and oxygen atoms in total. The van der Waals surface area contributed by atoms with E-state index in [2.05, 4.69) is 93.0 Å². The summed E-state index contributed by atoms with van der Waals surface area (Å²) in [6.07, 6.45) is 24.3. The molecule has 1 aliphatic rings. The summed E-state index contributed by atoms with van der Waals surface area (Å²) in [5, 5.41) is 27.1. The van der Waals surface area contributed by atoms with E-state index in [-0.39, 0.29) is 47.0 Å². The molecule has 4 rings (SSSR count). The molecule has 1 aliphatic heterocycles. The number of fused-ring (bicyclic) bond motifs is 1. The van der Waals surface area contributed by atoms with Crippen molar-refractivity contribution in [2.24, 2.45) is 0 Å². The van der Waals surface area contributed by atoms with Crippen molar-refractivity contribution in [3.05, 3.63) is 103 Å². The topological polar surface area (TPSA) is 196 Å². The molecule has 1 fully saturated rings. The highest BCUT2D eigenvalue weighted by Crippen LogP contribution is 2.45. The second-order valence-corrected chi connectivity index (χ2v) is 14.4. The van der Waals surface area contributed by atoms with Gasteiger partial charge in [-0.25, -0.2) is 14.6 Å². The molecule has 5 atom stereocenters. The Bertz CT molecular complexity index is 1800. The predicted octanol–water partition coefficient (Wildman–Crippen LogP) is 6.51. The molecule has 3 aromatic rings. The number of halogens is 1. The number of nitrogens with two attached hydrogens (primary N) is 1. The predicted molar refractivity (Wildman–Crippen MR) is 211 cm³/mol. The first kappa shape index (κ1) is 42.6. The van der Waals surface area contributed by atoms with E-state index in [9.17, 15) is 19.6 Å². The molecular formula is C38H51ClN7O7P. The van der Waals surface area contributed by atoms with Crippen LogP contribution in [0.15, 0.2) is 97.4 Å². The zero-order valence-corrected chi connectivity index (χ0v) is 32.1. The zero-order valence-electron chi connectivity index (χ0n) is 30.5. The fourth-order valence-electron chi connectivity index (χ4n) is 5.32. The van der Waals surface area contributed by atoms with Crippen molar-refractivity contribution in [2.45, 2.75) is 82.8 Å². The van der Waals surface area contributed by atoms with E-state index >= 15 is 0 Å². The van der Waals surface area contributed by atoms with Gasteiger partial charge in [0.15, 0.2) is 17.7 Å². The molecule has 0 radical (unpaired) electrons. The number of hydrogen-bond donors (Lipinski definition) is 5. The highest BCUT2D eigenvalue weighted by atomic mass is 35.5. The third-order valence-electron chi connectivity index (χ3n) is 8.09. The summed E-state index contributed by atoms with van der Waals surface area (Å²) in [4.78, 5) is 24.6. The maximum Gasteiger partial charge on any atom is 0.458 e. The maximum atomic E-state index is 13.8. The van der Waals surface area contributed by atoms with Crippen LogP contribution >= 0.6 is 19.3 Å². The molecule has 0 saturated carbocycles. The van der Waals surface area contributed by atoms with E-state index in [4.69, 9.17) is 31.1 Å². The van der Waals surface area contributed by atoms with E-state index in [1.54, 1.807) is 30.3 Å². The highest BCUT2D eigenvalue weighted by molar-refractivity contribution is 7.52. The number of anilines is 1. The number of carbonyl (C=O) groups is 1. The number of aliphatic hydroxyl groups is 2. The Morgan fingerprint density at radius 1 is 0.963 bits per heavy atom. The van der Waals surface area contributed by atoms with Crippen LogP contribution in [0.1, 0.15) is 64.5 Å². The molecule has 1 amide bonds. The van der Waals surface area contributed by atoms with Gasteiger partial charge in [-0.1, -0.05) is 85.9 Å². The average Bonchev–Trinajstić information content (AvgIpc) is 3.70. The molecule has 2 aromatic heterocycles. The van der Waals surface area contributed by atoms with Crippen LogP contribution in [0.25, 0.3) is 11.2 Å². The first-order valence-corrected chi connectivity index (χ1v) is 20.1. The number of aromatic nitrogens is 4. The molecule has 54 heavy (non-hydrogen) atoms. The molecule has 0 spiro atoms. The fourth-order valence-corrected chi connectivity index (χ4v) is 6.83. The third kappa shape index (κ3) is 13.9. The highest BCUT2D eigenvalue weighted by Gasteiger charge is 2.45. The van der Waals surface area contributed by atoms with E-state index in [0.29, 0.717) is 12.8 Å². The number of imidazole rings is 1. The lowest BCUT2D eigenvalue weighted by Crippen LogP contribution is -2.35. The van der Waals surface area contributed by atoms with Gasteiger partial charge in [0, 0.05) is 19.5 Å². The lowest BCUT2D eigenvalue weighted by molar-refractivity contribution is -0.121. The summed E-state index contributed by atoms with van der Waals surface area (Å²) in [5.74, 6) is 0.184. The number of para-hydroxylation sites is 1. The SMILES string of the molecule is CC/C=C/C/C=C\C/C=C\C/C=C\C/C=C\CCCC(=O)NCCNP(=O)(OC[C@H]1O[C@@H](n2cnc3c(N)nc(Cl)nc32)[C@@H](O)[C@@H]1O)Oc1ccccc1. The van der Waals surface area contributed by atoms with Gasteiger partial charge in [-0.3, -0.25) is 13.9 Å². The molecule has 1 saturated heterocycles. The first-order chi connectivity index (χ1) is 26.2. The van der Waals surface area contributed by atoms with Crippen molar-refractivity contribution in [1.29, 1.82) is 0 Å². The number of hydrogen-bond acceptors (Lipinski definition) is 11. The Morgan fingerprint density at radius 3 is 2.28 bits per heavy atom. The van der Waals surface area contributed by atoms with Crippen molar-refractivity contribution in [3.63, 3.8) is 0 Å². The van der Waals surface area contributed by atoms with Crippen LogP contribution in [0, 0.1) is 0 Å². The normalized spacial score (nSPS) is 20.4. The summed E-state index contributed by atoms with van der Waals surface area (Å²) in [6.45, 7) is 1.94. The fraction of sp³-hybridized carbons (Fsp3) is 0.421. The Kier molecular flexibility index (Phi) is 18.1. The van der Waals surface area contributed by atoms with Crippen LogP contribution in [-0.2, 0) is 18.6 Å². The number of aliphatic hydroxyl groups excluding tert-OH is 2. The number of ether oxygens (including phenoxy) is 1. The van der Waals surface area contributed by atoms with Crippen LogP contribution in [0.5, 0.6) is 5.75 Å². The summed E-state index contributed by atoms with van der Waals surface area (Å²) in [6, 6.07) is 8.42. The molecule has 6 N–H and O–H groups in total. The number of amides is 1. The minimum absolute atomic E-state index is 0.0410. The van der Waals surface area contributed by atoms with E-state index < -0.39 is 38.9 Å². The van der Waals surface area contributed by atoms with Gasteiger partial charge >= 0.3 is 7.75 Å². The van der Waals surface area contributed by atoms with Gasteiger partial charge in [0.25, 0.3) is 0 Å². The van der Waals surface area contributed by atoms with Crippen LogP contribution in [0.2, 0.25) is 5.28 Å². The van der Waals surface area contributed by atoms with E-state index in [0.717, 1.165) is 38.5 Å².